The molecule has 21 heavy (non-hydrogen) atoms. The molecule has 1 aromatic carbocycles. The zero-order valence-corrected chi connectivity index (χ0v) is 12.7. The van der Waals surface area contributed by atoms with Crippen molar-refractivity contribution in [3.8, 4) is 0 Å². The normalized spacial score (nSPS) is 10.9. The van der Waals surface area contributed by atoms with Crippen molar-refractivity contribution in [2.45, 2.75) is 25.8 Å². The van der Waals surface area contributed by atoms with E-state index in [0.29, 0.717) is 6.61 Å². The molecule has 0 amide bonds. The molecule has 0 atom stereocenters. The van der Waals surface area contributed by atoms with Crippen LogP contribution in [0.3, 0.4) is 0 Å². The number of methoxy groups -OCH3 is 1. The number of hydrogen-bond acceptors (Lipinski definition) is 3. The molecular formula is C17H24N2O2. The molecule has 0 radical (unpaired) electrons. The maximum atomic E-state index is 5.71. The van der Waals surface area contributed by atoms with Gasteiger partial charge in [-0.1, -0.05) is 30.3 Å². The second-order valence-electron chi connectivity index (χ2n) is 4.98. The number of ether oxygens (including phenoxy) is 2. The van der Waals surface area contributed by atoms with Gasteiger partial charge >= 0.3 is 0 Å². The van der Waals surface area contributed by atoms with Crippen LogP contribution in [0.2, 0.25) is 0 Å². The number of nitrogens with zero attached hydrogens (tertiary/aromatic N) is 2. The van der Waals surface area contributed by atoms with E-state index in [9.17, 15) is 0 Å². The Morgan fingerprint density at radius 2 is 1.90 bits per heavy atom. The van der Waals surface area contributed by atoms with Crippen molar-refractivity contribution in [2.24, 2.45) is 0 Å². The molecular weight excluding hydrogens is 264 g/mol. The number of benzene rings is 1. The van der Waals surface area contributed by atoms with E-state index in [1.807, 2.05) is 18.5 Å². The van der Waals surface area contributed by atoms with Gasteiger partial charge in [0.05, 0.1) is 13.2 Å². The molecule has 0 aliphatic heterocycles. The maximum absolute atomic E-state index is 5.71. The Morgan fingerprint density at radius 1 is 1.05 bits per heavy atom. The maximum Gasteiger partial charge on any atom is 0.111 e. The molecule has 0 aliphatic rings. The van der Waals surface area contributed by atoms with Gasteiger partial charge in [-0.05, 0) is 18.4 Å². The largest absolute Gasteiger partial charge is 0.384 e. The minimum Gasteiger partial charge on any atom is -0.384 e. The van der Waals surface area contributed by atoms with Gasteiger partial charge < -0.3 is 14.0 Å². The standard InChI is InChI=1S/C17H24N2O2/c1-20-14-9-17-18-10-11-19(17)12-15-21-13-5-8-16-6-3-2-4-7-16/h2-4,6-7,10-11H,5,8-9,12-15H2,1H3. The van der Waals surface area contributed by atoms with E-state index in [2.05, 4.69) is 33.8 Å². The Bertz CT molecular complexity index is 497. The Balaban J connectivity index is 1.58. The van der Waals surface area contributed by atoms with E-state index < -0.39 is 0 Å². The summed E-state index contributed by atoms with van der Waals surface area (Å²) in [6, 6.07) is 10.5. The van der Waals surface area contributed by atoms with Crippen molar-refractivity contribution in [2.75, 3.05) is 26.9 Å². The molecule has 2 rings (SSSR count). The summed E-state index contributed by atoms with van der Waals surface area (Å²) in [6.45, 7) is 3.08. The van der Waals surface area contributed by atoms with Crippen LogP contribution in [0.5, 0.6) is 0 Å². The first kappa shape index (κ1) is 15.7. The molecule has 0 bridgehead atoms. The first-order valence-electron chi connectivity index (χ1n) is 7.51. The van der Waals surface area contributed by atoms with E-state index >= 15 is 0 Å². The molecule has 0 unspecified atom stereocenters. The summed E-state index contributed by atoms with van der Waals surface area (Å²) in [5, 5.41) is 0. The second-order valence-corrected chi connectivity index (χ2v) is 4.98. The highest BCUT2D eigenvalue weighted by molar-refractivity contribution is 5.14. The average molecular weight is 288 g/mol. The van der Waals surface area contributed by atoms with Crippen LogP contribution in [0.1, 0.15) is 17.8 Å². The number of rotatable bonds is 10. The first-order chi connectivity index (χ1) is 10.4. The van der Waals surface area contributed by atoms with Crippen molar-refractivity contribution >= 4 is 0 Å². The lowest BCUT2D eigenvalue weighted by atomic mass is 10.1. The predicted molar refractivity (Wildman–Crippen MR) is 83.4 cm³/mol. The van der Waals surface area contributed by atoms with Gasteiger partial charge in [-0.15, -0.1) is 0 Å². The fourth-order valence-electron chi connectivity index (χ4n) is 2.25. The molecule has 114 valence electrons. The third-order valence-corrected chi connectivity index (χ3v) is 3.40. The highest BCUT2D eigenvalue weighted by atomic mass is 16.5. The lowest BCUT2D eigenvalue weighted by Crippen LogP contribution is -2.11. The van der Waals surface area contributed by atoms with Crippen LogP contribution in [0.25, 0.3) is 0 Å². The first-order valence-corrected chi connectivity index (χ1v) is 7.51. The number of hydrogen-bond donors (Lipinski definition) is 0. The van der Waals surface area contributed by atoms with Crippen LogP contribution in [-0.2, 0) is 28.9 Å². The van der Waals surface area contributed by atoms with Crippen molar-refractivity contribution in [3.05, 3.63) is 54.1 Å². The van der Waals surface area contributed by atoms with Gasteiger partial charge in [0, 0.05) is 39.1 Å². The SMILES string of the molecule is COCCc1nccn1CCOCCCc1ccccc1. The summed E-state index contributed by atoms with van der Waals surface area (Å²) >= 11 is 0. The highest BCUT2D eigenvalue weighted by Gasteiger charge is 2.02. The molecule has 2 aromatic rings. The summed E-state index contributed by atoms with van der Waals surface area (Å²) in [5.41, 5.74) is 1.37. The van der Waals surface area contributed by atoms with Crippen molar-refractivity contribution in [3.63, 3.8) is 0 Å². The topological polar surface area (TPSA) is 36.3 Å². The Kier molecular flexibility index (Phi) is 6.98. The second kappa shape index (κ2) is 9.32. The minimum absolute atomic E-state index is 0.703. The molecule has 1 aromatic heterocycles. The molecule has 0 aliphatic carbocycles. The van der Waals surface area contributed by atoms with Crippen LogP contribution < -0.4 is 0 Å². The van der Waals surface area contributed by atoms with Crippen LogP contribution in [0.4, 0.5) is 0 Å². The fraction of sp³-hybridized carbons (Fsp3) is 0.471. The van der Waals surface area contributed by atoms with Gasteiger partial charge in [0.1, 0.15) is 5.82 Å². The van der Waals surface area contributed by atoms with Crippen molar-refractivity contribution in [1.82, 2.24) is 9.55 Å². The average Bonchev–Trinajstić information content (AvgIpc) is 2.97. The molecule has 0 fully saturated rings. The Morgan fingerprint density at radius 3 is 2.71 bits per heavy atom. The highest BCUT2D eigenvalue weighted by Crippen LogP contribution is 2.03. The zero-order chi connectivity index (χ0) is 14.8. The van der Waals surface area contributed by atoms with E-state index in [4.69, 9.17) is 9.47 Å². The van der Waals surface area contributed by atoms with Gasteiger partial charge in [0.2, 0.25) is 0 Å². The van der Waals surface area contributed by atoms with Crippen molar-refractivity contribution < 1.29 is 9.47 Å². The molecule has 0 N–H and O–H groups in total. The van der Waals surface area contributed by atoms with E-state index in [1.165, 1.54) is 5.56 Å². The third-order valence-electron chi connectivity index (χ3n) is 3.40. The van der Waals surface area contributed by atoms with Crippen LogP contribution in [0, 0.1) is 0 Å². The molecule has 4 heteroatoms. The molecule has 0 spiro atoms. The quantitative estimate of drug-likeness (QED) is 0.631. The number of aromatic nitrogens is 2. The fourth-order valence-corrected chi connectivity index (χ4v) is 2.25. The number of aryl methyl sites for hydroxylation is 1. The van der Waals surface area contributed by atoms with Gasteiger partial charge in [0.15, 0.2) is 0 Å². The van der Waals surface area contributed by atoms with Gasteiger partial charge in [-0.2, -0.15) is 0 Å². The summed E-state index contributed by atoms with van der Waals surface area (Å²) in [7, 11) is 1.71. The van der Waals surface area contributed by atoms with Gasteiger partial charge in [-0.25, -0.2) is 4.98 Å². The summed E-state index contributed by atoms with van der Waals surface area (Å²) in [6.07, 6.45) is 6.81. The smallest absolute Gasteiger partial charge is 0.111 e. The third kappa shape index (κ3) is 5.69. The van der Waals surface area contributed by atoms with Crippen LogP contribution >= 0.6 is 0 Å². The predicted octanol–water partition coefficient (Wildman–Crippen LogP) is 2.72. The molecule has 0 saturated heterocycles. The van der Waals surface area contributed by atoms with E-state index in [0.717, 1.165) is 44.8 Å². The monoisotopic (exact) mass is 288 g/mol. The Labute approximate surface area is 126 Å². The molecule has 4 nitrogen and oxygen atoms in total. The summed E-state index contributed by atoms with van der Waals surface area (Å²) < 4.78 is 12.9. The minimum atomic E-state index is 0.703. The summed E-state index contributed by atoms with van der Waals surface area (Å²) in [5.74, 6) is 1.06. The Hall–Kier alpha value is -1.65. The van der Waals surface area contributed by atoms with Crippen LogP contribution in [-0.4, -0.2) is 36.5 Å². The van der Waals surface area contributed by atoms with Crippen molar-refractivity contribution in [1.29, 1.82) is 0 Å². The lowest BCUT2D eigenvalue weighted by molar-refractivity contribution is 0.123. The van der Waals surface area contributed by atoms with Gasteiger partial charge in [0.25, 0.3) is 0 Å². The van der Waals surface area contributed by atoms with E-state index in [1.54, 1.807) is 7.11 Å². The molecule has 0 saturated carbocycles. The van der Waals surface area contributed by atoms with Gasteiger partial charge in [-0.3, -0.25) is 0 Å². The zero-order valence-electron chi connectivity index (χ0n) is 12.7. The van der Waals surface area contributed by atoms with Crippen LogP contribution in [0.15, 0.2) is 42.7 Å². The van der Waals surface area contributed by atoms with E-state index in [-0.39, 0.29) is 0 Å². The number of imidazole rings is 1. The summed E-state index contributed by atoms with van der Waals surface area (Å²) in [4.78, 5) is 4.34. The molecule has 1 heterocycles. The lowest BCUT2D eigenvalue weighted by Gasteiger charge is -2.08.